The second-order valence-electron chi connectivity index (χ2n) is 4.43. The number of esters is 1. The molecule has 0 fully saturated rings. The Balaban J connectivity index is 1.72. The molecule has 0 atom stereocenters. The topological polar surface area (TPSA) is 64.6 Å². The molecule has 1 amide bonds. The summed E-state index contributed by atoms with van der Waals surface area (Å²) in [6.07, 6.45) is 0. The summed E-state index contributed by atoms with van der Waals surface area (Å²) >= 11 is 0. The van der Waals surface area contributed by atoms with Crippen molar-refractivity contribution in [3.63, 3.8) is 0 Å². The van der Waals surface area contributed by atoms with E-state index in [9.17, 15) is 18.4 Å². The van der Waals surface area contributed by atoms with E-state index in [0.717, 1.165) is 0 Å². The molecule has 23 heavy (non-hydrogen) atoms. The number of benzene rings is 2. The zero-order valence-electron chi connectivity index (χ0n) is 11.9. The van der Waals surface area contributed by atoms with Crippen LogP contribution in [-0.2, 0) is 14.3 Å². The lowest BCUT2D eigenvalue weighted by atomic mass is 10.3. The number of nitrogens with one attached hydrogen (secondary N) is 1. The van der Waals surface area contributed by atoms with Crippen LogP contribution in [0.4, 0.5) is 14.5 Å². The monoisotopic (exact) mass is 321 g/mol. The largest absolute Gasteiger partial charge is 0.482 e. The van der Waals surface area contributed by atoms with E-state index in [1.165, 1.54) is 42.5 Å². The van der Waals surface area contributed by atoms with Crippen LogP contribution >= 0.6 is 0 Å². The highest BCUT2D eigenvalue weighted by molar-refractivity contribution is 5.92. The molecule has 0 radical (unpaired) electrons. The van der Waals surface area contributed by atoms with Crippen LogP contribution in [0.5, 0.6) is 5.75 Å². The summed E-state index contributed by atoms with van der Waals surface area (Å²) in [5.74, 6) is -2.18. The highest BCUT2D eigenvalue weighted by Crippen LogP contribution is 2.12. The molecule has 0 aliphatic carbocycles. The number of amides is 1. The zero-order valence-corrected chi connectivity index (χ0v) is 11.9. The van der Waals surface area contributed by atoms with E-state index in [4.69, 9.17) is 4.74 Å². The number of hydrogen-bond acceptors (Lipinski definition) is 4. The van der Waals surface area contributed by atoms with Crippen molar-refractivity contribution in [3.05, 3.63) is 60.2 Å². The van der Waals surface area contributed by atoms with Gasteiger partial charge in [0, 0.05) is 0 Å². The lowest BCUT2D eigenvalue weighted by Crippen LogP contribution is -2.24. The maximum atomic E-state index is 13.3. The van der Waals surface area contributed by atoms with Gasteiger partial charge in [-0.05, 0) is 36.4 Å². The van der Waals surface area contributed by atoms with Crippen LogP contribution in [0, 0.1) is 11.6 Å². The second kappa shape index (κ2) is 7.88. The van der Waals surface area contributed by atoms with Crippen molar-refractivity contribution in [2.45, 2.75) is 0 Å². The number of anilines is 1. The molecule has 2 rings (SSSR count). The fourth-order valence-electron chi connectivity index (χ4n) is 1.61. The van der Waals surface area contributed by atoms with Crippen molar-refractivity contribution in [2.75, 3.05) is 18.5 Å². The molecule has 5 nitrogen and oxygen atoms in total. The van der Waals surface area contributed by atoms with Crippen molar-refractivity contribution in [1.82, 2.24) is 0 Å². The fourth-order valence-corrected chi connectivity index (χ4v) is 1.61. The van der Waals surface area contributed by atoms with Gasteiger partial charge in [0.05, 0.1) is 5.69 Å². The van der Waals surface area contributed by atoms with Gasteiger partial charge in [0.25, 0.3) is 5.91 Å². The molecular formula is C16H13F2NO4. The van der Waals surface area contributed by atoms with Crippen molar-refractivity contribution < 1.29 is 27.8 Å². The summed E-state index contributed by atoms with van der Waals surface area (Å²) in [4.78, 5) is 23.0. The van der Waals surface area contributed by atoms with E-state index in [2.05, 4.69) is 10.1 Å². The quantitative estimate of drug-likeness (QED) is 0.831. The minimum atomic E-state index is -0.780. The van der Waals surface area contributed by atoms with E-state index in [1.54, 1.807) is 6.07 Å². The van der Waals surface area contributed by atoms with Crippen LogP contribution in [0.25, 0.3) is 0 Å². The summed E-state index contributed by atoms with van der Waals surface area (Å²) in [5, 5.41) is 2.27. The average molecular weight is 321 g/mol. The van der Waals surface area contributed by atoms with Gasteiger partial charge in [0.1, 0.15) is 17.4 Å². The van der Waals surface area contributed by atoms with Gasteiger partial charge in [-0.1, -0.05) is 12.1 Å². The maximum absolute atomic E-state index is 13.3. The maximum Gasteiger partial charge on any atom is 0.344 e. The second-order valence-corrected chi connectivity index (χ2v) is 4.43. The molecule has 2 aromatic rings. The van der Waals surface area contributed by atoms with Gasteiger partial charge in [-0.3, -0.25) is 4.79 Å². The highest BCUT2D eigenvalue weighted by Gasteiger charge is 2.10. The van der Waals surface area contributed by atoms with Gasteiger partial charge >= 0.3 is 5.97 Å². The molecule has 0 unspecified atom stereocenters. The van der Waals surface area contributed by atoms with E-state index in [0.29, 0.717) is 5.75 Å². The first kappa shape index (κ1) is 16.4. The third kappa shape index (κ3) is 5.39. The third-order valence-electron chi connectivity index (χ3n) is 2.68. The number of hydrogen-bond donors (Lipinski definition) is 1. The van der Waals surface area contributed by atoms with E-state index >= 15 is 0 Å². The van der Waals surface area contributed by atoms with E-state index < -0.39 is 36.7 Å². The molecule has 7 heteroatoms. The Bertz CT molecular complexity index is 689. The summed E-state index contributed by atoms with van der Waals surface area (Å²) in [7, 11) is 0. The molecule has 0 saturated carbocycles. The summed E-state index contributed by atoms with van der Waals surface area (Å²) < 4.78 is 35.7. The molecule has 1 N–H and O–H groups in total. The number of para-hydroxylation sites is 1. The van der Waals surface area contributed by atoms with Gasteiger partial charge in [0.2, 0.25) is 0 Å². The standard InChI is InChI=1S/C16H13F2NO4/c17-11-5-7-12(8-6-11)22-10-16(21)23-9-15(20)19-14-4-2-1-3-13(14)18/h1-8H,9-10H2,(H,19,20). The molecule has 0 saturated heterocycles. The molecule has 0 heterocycles. The van der Waals surface area contributed by atoms with Crippen LogP contribution in [0.3, 0.4) is 0 Å². The lowest BCUT2D eigenvalue weighted by Gasteiger charge is -2.08. The molecule has 0 aliphatic rings. The SMILES string of the molecule is O=C(COC(=O)COc1ccc(F)cc1)Nc1ccccc1F. The molecule has 2 aromatic carbocycles. The Hall–Kier alpha value is -2.96. The number of carbonyl (C=O) groups excluding carboxylic acids is 2. The van der Waals surface area contributed by atoms with Crippen LogP contribution in [-0.4, -0.2) is 25.1 Å². The highest BCUT2D eigenvalue weighted by atomic mass is 19.1. The number of halogens is 2. The first-order valence-corrected chi connectivity index (χ1v) is 6.63. The minimum absolute atomic E-state index is 0.00360. The van der Waals surface area contributed by atoms with Crippen LogP contribution < -0.4 is 10.1 Å². The van der Waals surface area contributed by atoms with Gasteiger partial charge in [-0.25, -0.2) is 13.6 Å². The first-order chi connectivity index (χ1) is 11.0. The number of ether oxygens (including phenoxy) is 2. The molecular weight excluding hydrogens is 308 g/mol. The Morgan fingerprint density at radius 1 is 0.957 bits per heavy atom. The van der Waals surface area contributed by atoms with Crippen molar-refractivity contribution in [2.24, 2.45) is 0 Å². The fraction of sp³-hybridized carbons (Fsp3) is 0.125. The van der Waals surface area contributed by atoms with Crippen molar-refractivity contribution in [1.29, 1.82) is 0 Å². The summed E-state index contributed by atoms with van der Waals surface area (Å²) in [5.41, 5.74) is -0.00360. The predicted octanol–water partition coefficient (Wildman–Crippen LogP) is 2.53. The zero-order chi connectivity index (χ0) is 16.7. The average Bonchev–Trinajstić information content (AvgIpc) is 2.54. The van der Waals surface area contributed by atoms with Crippen molar-refractivity contribution >= 4 is 17.6 Å². The number of rotatable bonds is 6. The molecule has 0 bridgehead atoms. The van der Waals surface area contributed by atoms with Crippen molar-refractivity contribution in [3.8, 4) is 5.75 Å². The minimum Gasteiger partial charge on any atom is -0.482 e. The smallest absolute Gasteiger partial charge is 0.344 e. The lowest BCUT2D eigenvalue weighted by molar-refractivity contribution is -0.149. The van der Waals surface area contributed by atoms with Gasteiger partial charge in [-0.2, -0.15) is 0 Å². The van der Waals surface area contributed by atoms with E-state index in [-0.39, 0.29) is 5.69 Å². The Morgan fingerprint density at radius 3 is 2.35 bits per heavy atom. The van der Waals surface area contributed by atoms with Gasteiger partial charge in [-0.15, -0.1) is 0 Å². The number of carbonyl (C=O) groups is 2. The Morgan fingerprint density at radius 2 is 1.65 bits per heavy atom. The Kier molecular flexibility index (Phi) is 5.62. The molecule has 120 valence electrons. The summed E-state index contributed by atoms with van der Waals surface area (Å²) in [6.45, 7) is -1.00. The Labute approximate surface area is 130 Å². The predicted molar refractivity (Wildman–Crippen MR) is 77.9 cm³/mol. The molecule has 0 aliphatic heterocycles. The van der Waals surface area contributed by atoms with Crippen LogP contribution in [0.2, 0.25) is 0 Å². The van der Waals surface area contributed by atoms with E-state index in [1.807, 2.05) is 0 Å². The van der Waals surface area contributed by atoms with Gasteiger partial charge in [0.15, 0.2) is 13.2 Å². The normalized spacial score (nSPS) is 10.0. The first-order valence-electron chi connectivity index (χ1n) is 6.63. The third-order valence-corrected chi connectivity index (χ3v) is 2.68. The summed E-state index contributed by atoms with van der Waals surface area (Å²) in [6, 6.07) is 10.7. The van der Waals surface area contributed by atoms with Gasteiger partial charge < -0.3 is 14.8 Å². The molecule has 0 aromatic heterocycles. The van der Waals surface area contributed by atoms with Crippen LogP contribution in [0.15, 0.2) is 48.5 Å². The molecule has 0 spiro atoms. The van der Waals surface area contributed by atoms with Crippen LogP contribution in [0.1, 0.15) is 0 Å².